The lowest BCUT2D eigenvalue weighted by molar-refractivity contribution is -0.140. The lowest BCUT2D eigenvalue weighted by Crippen LogP contribution is -2.29. The monoisotopic (exact) mass is 503 g/mol. The molecule has 6 heteroatoms. The van der Waals surface area contributed by atoms with E-state index in [2.05, 4.69) is 15.9 Å². The van der Waals surface area contributed by atoms with E-state index in [1.165, 1.54) is 4.90 Å². The van der Waals surface area contributed by atoms with Gasteiger partial charge in [0.15, 0.2) is 0 Å². The van der Waals surface area contributed by atoms with E-state index in [0.29, 0.717) is 5.56 Å². The SMILES string of the molecule is C[C@H]1Cc2cc(C(O)=C3C(=O)C(=O)N(Cc4ccccc4)[C@@H]3c3ccc(Br)cc3)ccc2O1. The van der Waals surface area contributed by atoms with Crippen molar-refractivity contribution >= 4 is 33.4 Å². The summed E-state index contributed by atoms with van der Waals surface area (Å²) in [5.41, 5.74) is 3.25. The van der Waals surface area contributed by atoms with Gasteiger partial charge in [0, 0.05) is 23.0 Å². The number of Topliss-reactive ketones (excluding diaryl/α,β-unsaturated/α-hetero) is 1. The van der Waals surface area contributed by atoms with Gasteiger partial charge >= 0.3 is 0 Å². The Morgan fingerprint density at radius 3 is 2.52 bits per heavy atom. The summed E-state index contributed by atoms with van der Waals surface area (Å²) in [5, 5.41) is 11.3. The molecule has 0 bridgehead atoms. The summed E-state index contributed by atoms with van der Waals surface area (Å²) in [6.07, 6.45) is 0.797. The van der Waals surface area contributed by atoms with Crippen LogP contribution in [0.5, 0.6) is 5.75 Å². The van der Waals surface area contributed by atoms with Crippen molar-refractivity contribution in [2.45, 2.75) is 32.0 Å². The first-order valence-corrected chi connectivity index (χ1v) is 11.6. The van der Waals surface area contributed by atoms with Crippen molar-refractivity contribution < 1.29 is 19.4 Å². The Bertz CT molecular complexity index is 1270. The zero-order chi connectivity index (χ0) is 23.1. The zero-order valence-corrected chi connectivity index (χ0v) is 19.6. The molecule has 0 aromatic heterocycles. The van der Waals surface area contributed by atoms with E-state index in [0.717, 1.165) is 33.3 Å². The van der Waals surface area contributed by atoms with Gasteiger partial charge in [0.25, 0.3) is 11.7 Å². The fraction of sp³-hybridized carbons (Fsp3) is 0.185. The predicted molar refractivity (Wildman–Crippen MR) is 129 cm³/mol. The number of carbonyl (C=O) groups excluding carboxylic acids is 2. The Balaban J connectivity index is 1.62. The summed E-state index contributed by atoms with van der Waals surface area (Å²) in [6, 6.07) is 21.7. The minimum atomic E-state index is -0.693. The van der Waals surface area contributed by atoms with Gasteiger partial charge in [-0.25, -0.2) is 0 Å². The summed E-state index contributed by atoms with van der Waals surface area (Å²) in [4.78, 5) is 27.9. The molecule has 0 unspecified atom stereocenters. The number of rotatable bonds is 4. The number of nitrogens with zero attached hydrogens (tertiary/aromatic N) is 1. The lowest BCUT2D eigenvalue weighted by Gasteiger charge is -2.25. The van der Waals surface area contributed by atoms with E-state index in [1.807, 2.05) is 73.7 Å². The maximum Gasteiger partial charge on any atom is 0.295 e. The van der Waals surface area contributed by atoms with E-state index in [9.17, 15) is 14.7 Å². The molecule has 2 aliphatic heterocycles. The average molecular weight is 504 g/mol. The molecular formula is C27H22BrNO4. The number of amides is 1. The minimum Gasteiger partial charge on any atom is -0.507 e. The quantitative estimate of drug-likeness (QED) is 0.294. The number of benzene rings is 3. The van der Waals surface area contributed by atoms with E-state index in [-0.39, 0.29) is 24.0 Å². The number of ketones is 1. The van der Waals surface area contributed by atoms with Crippen molar-refractivity contribution in [2.75, 3.05) is 0 Å². The summed E-state index contributed by atoms with van der Waals surface area (Å²) in [7, 11) is 0. The molecule has 2 heterocycles. The van der Waals surface area contributed by atoms with Crippen LogP contribution in [0.3, 0.4) is 0 Å². The van der Waals surface area contributed by atoms with E-state index in [1.54, 1.807) is 6.07 Å². The van der Waals surface area contributed by atoms with Gasteiger partial charge in [-0.2, -0.15) is 0 Å². The maximum atomic E-state index is 13.2. The van der Waals surface area contributed by atoms with Crippen LogP contribution in [0, 0.1) is 0 Å². The number of halogens is 1. The van der Waals surface area contributed by atoms with Gasteiger partial charge in [-0.05, 0) is 53.9 Å². The van der Waals surface area contributed by atoms with Crippen LogP contribution >= 0.6 is 15.9 Å². The molecule has 3 aromatic rings. The van der Waals surface area contributed by atoms with Gasteiger partial charge in [0.05, 0.1) is 11.6 Å². The van der Waals surface area contributed by atoms with Gasteiger partial charge in [-0.3, -0.25) is 9.59 Å². The van der Waals surface area contributed by atoms with Crippen molar-refractivity contribution in [3.05, 3.63) is 105 Å². The molecule has 5 rings (SSSR count). The van der Waals surface area contributed by atoms with Crippen LogP contribution in [-0.2, 0) is 22.6 Å². The fourth-order valence-electron chi connectivity index (χ4n) is 4.54. The number of likely N-dealkylation sites (tertiary alicyclic amines) is 1. The first-order valence-electron chi connectivity index (χ1n) is 10.8. The van der Waals surface area contributed by atoms with Gasteiger partial charge in [0.2, 0.25) is 0 Å². The molecule has 5 nitrogen and oxygen atoms in total. The number of fused-ring (bicyclic) bond motifs is 1. The summed E-state index contributed by atoms with van der Waals surface area (Å²) >= 11 is 3.44. The highest BCUT2D eigenvalue weighted by Gasteiger charge is 2.46. The Labute approximate surface area is 200 Å². The highest BCUT2D eigenvalue weighted by Crippen LogP contribution is 2.41. The zero-order valence-electron chi connectivity index (χ0n) is 18.0. The molecule has 1 fully saturated rings. The van der Waals surface area contributed by atoms with Crippen LogP contribution in [0.15, 0.2) is 82.8 Å². The topological polar surface area (TPSA) is 66.8 Å². The van der Waals surface area contributed by atoms with Crippen molar-refractivity contribution in [1.29, 1.82) is 0 Å². The predicted octanol–water partition coefficient (Wildman–Crippen LogP) is 5.39. The number of carbonyl (C=O) groups is 2. The molecule has 3 aromatic carbocycles. The normalized spacial score (nSPS) is 21.2. The summed E-state index contributed by atoms with van der Waals surface area (Å²) < 4.78 is 6.65. The van der Waals surface area contributed by atoms with E-state index >= 15 is 0 Å². The number of hydrogen-bond acceptors (Lipinski definition) is 4. The highest BCUT2D eigenvalue weighted by atomic mass is 79.9. The van der Waals surface area contributed by atoms with Crippen LogP contribution < -0.4 is 4.74 Å². The Hall–Kier alpha value is -3.38. The third kappa shape index (κ3) is 3.95. The highest BCUT2D eigenvalue weighted by molar-refractivity contribution is 9.10. The second-order valence-corrected chi connectivity index (χ2v) is 9.33. The fourth-order valence-corrected chi connectivity index (χ4v) is 4.80. The summed E-state index contributed by atoms with van der Waals surface area (Å²) in [6.45, 7) is 2.25. The van der Waals surface area contributed by atoms with Crippen LogP contribution in [-0.4, -0.2) is 27.8 Å². The van der Waals surface area contributed by atoms with Crippen LogP contribution in [0.2, 0.25) is 0 Å². The average Bonchev–Trinajstić information content (AvgIpc) is 3.31. The van der Waals surface area contributed by atoms with Crippen LogP contribution in [0.4, 0.5) is 0 Å². The first-order chi connectivity index (χ1) is 15.9. The molecule has 0 aliphatic carbocycles. The molecule has 1 saturated heterocycles. The van der Waals surface area contributed by atoms with Gasteiger partial charge in [0.1, 0.15) is 17.6 Å². The van der Waals surface area contributed by atoms with E-state index < -0.39 is 17.7 Å². The Morgan fingerprint density at radius 1 is 1.06 bits per heavy atom. The number of hydrogen-bond donors (Lipinski definition) is 1. The molecule has 1 amide bonds. The van der Waals surface area contributed by atoms with Gasteiger partial charge in [-0.1, -0.05) is 58.4 Å². The minimum absolute atomic E-state index is 0.0663. The summed E-state index contributed by atoms with van der Waals surface area (Å²) in [5.74, 6) is -0.680. The third-order valence-electron chi connectivity index (χ3n) is 6.09. The molecule has 0 saturated carbocycles. The van der Waals surface area contributed by atoms with Crippen LogP contribution in [0.1, 0.15) is 35.2 Å². The van der Waals surface area contributed by atoms with Gasteiger partial charge in [-0.15, -0.1) is 0 Å². The first kappa shape index (κ1) is 21.5. The molecule has 0 radical (unpaired) electrons. The standard InChI is InChI=1S/C27H22BrNO4/c1-16-13-20-14-19(9-12-22(20)33-16)25(30)23-24(18-7-10-21(28)11-8-18)29(27(32)26(23)31)15-17-5-3-2-4-6-17/h2-12,14,16,24,30H,13,15H2,1H3/t16-,24+/m0/s1. The molecule has 2 atom stereocenters. The van der Waals surface area contributed by atoms with Crippen molar-refractivity contribution in [1.82, 2.24) is 4.90 Å². The van der Waals surface area contributed by atoms with E-state index in [4.69, 9.17) is 4.74 Å². The molecule has 2 aliphatic rings. The number of aliphatic hydroxyl groups is 1. The molecular weight excluding hydrogens is 482 g/mol. The lowest BCUT2D eigenvalue weighted by atomic mass is 9.94. The molecule has 1 N–H and O–H groups in total. The second kappa shape index (κ2) is 8.52. The second-order valence-electron chi connectivity index (χ2n) is 8.42. The Morgan fingerprint density at radius 2 is 1.79 bits per heavy atom. The van der Waals surface area contributed by atoms with Crippen molar-refractivity contribution in [2.24, 2.45) is 0 Å². The number of ether oxygens (including phenoxy) is 1. The van der Waals surface area contributed by atoms with Crippen molar-refractivity contribution in [3.63, 3.8) is 0 Å². The Kier molecular flexibility index (Phi) is 5.54. The molecule has 33 heavy (non-hydrogen) atoms. The molecule has 0 spiro atoms. The van der Waals surface area contributed by atoms with Crippen molar-refractivity contribution in [3.8, 4) is 5.75 Å². The van der Waals surface area contributed by atoms with Gasteiger partial charge < -0.3 is 14.7 Å². The van der Waals surface area contributed by atoms with Crippen LogP contribution in [0.25, 0.3) is 5.76 Å². The largest absolute Gasteiger partial charge is 0.507 e. The smallest absolute Gasteiger partial charge is 0.295 e. The number of aliphatic hydroxyl groups excluding tert-OH is 1. The maximum absolute atomic E-state index is 13.2. The third-order valence-corrected chi connectivity index (χ3v) is 6.62. The molecule has 166 valence electrons.